The van der Waals surface area contributed by atoms with Crippen LogP contribution in [0.1, 0.15) is 0 Å². The second-order valence-corrected chi connectivity index (χ2v) is 5.99. The van der Waals surface area contributed by atoms with E-state index < -0.39 is 0 Å². The molecule has 0 aliphatic heterocycles. The average Bonchev–Trinajstić information content (AvgIpc) is 3.00. The monoisotopic (exact) mass is 330 g/mol. The summed E-state index contributed by atoms with van der Waals surface area (Å²) in [4.78, 5) is 9.23. The third-order valence-corrected chi connectivity index (χ3v) is 4.49. The minimum atomic E-state index is 0.459. The van der Waals surface area contributed by atoms with Crippen molar-refractivity contribution in [3.05, 3.63) is 71.9 Å². The Balaban J connectivity index is 1.89. The van der Waals surface area contributed by atoms with Crippen LogP contribution >= 0.6 is 11.6 Å². The van der Waals surface area contributed by atoms with Crippen molar-refractivity contribution in [2.24, 2.45) is 0 Å². The van der Waals surface area contributed by atoms with Crippen molar-refractivity contribution in [3.63, 3.8) is 0 Å². The standard InChI is InChI=1S/C20H11ClN2O/c21-19-12-6-1-3-9-15(12)22-20(23-19)14-8-5-11-17-18(14)13-7-2-4-10-16(13)24-17/h1-11H. The first-order valence-electron chi connectivity index (χ1n) is 7.64. The highest BCUT2D eigenvalue weighted by molar-refractivity contribution is 6.34. The Labute approximate surface area is 142 Å². The lowest BCUT2D eigenvalue weighted by molar-refractivity contribution is 0.669. The van der Waals surface area contributed by atoms with Crippen molar-refractivity contribution >= 4 is 44.4 Å². The van der Waals surface area contributed by atoms with Gasteiger partial charge < -0.3 is 4.42 Å². The molecule has 0 fully saturated rings. The minimum absolute atomic E-state index is 0.459. The third kappa shape index (κ3) is 1.92. The van der Waals surface area contributed by atoms with E-state index in [1.807, 2.05) is 66.7 Å². The van der Waals surface area contributed by atoms with Crippen LogP contribution in [0.4, 0.5) is 0 Å². The Bertz CT molecular complexity index is 1230. The van der Waals surface area contributed by atoms with Crippen LogP contribution in [0, 0.1) is 0 Å². The van der Waals surface area contributed by atoms with Gasteiger partial charge in [-0.25, -0.2) is 9.97 Å². The van der Waals surface area contributed by atoms with Gasteiger partial charge in [0.2, 0.25) is 0 Å². The summed E-state index contributed by atoms with van der Waals surface area (Å²) >= 11 is 6.38. The van der Waals surface area contributed by atoms with Gasteiger partial charge in [-0.05, 0) is 24.3 Å². The van der Waals surface area contributed by atoms with Gasteiger partial charge in [-0.1, -0.05) is 54.1 Å². The first-order chi connectivity index (χ1) is 11.8. The van der Waals surface area contributed by atoms with Crippen molar-refractivity contribution in [3.8, 4) is 11.4 Å². The molecule has 3 nitrogen and oxygen atoms in total. The van der Waals surface area contributed by atoms with E-state index in [1.165, 1.54) is 0 Å². The molecule has 0 atom stereocenters. The van der Waals surface area contributed by atoms with Crippen LogP contribution in [0.2, 0.25) is 5.15 Å². The molecule has 114 valence electrons. The second kappa shape index (κ2) is 5.05. The molecule has 3 aromatic carbocycles. The number of para-hydroxylation sites is 2. The summed E-state index contributed by atoms with van der Waals surface area (Å²) < 4.78 is 5.94. The topological polar surface area (TPSA) is 38.9 Å². The molecule has 24 heavy (non-hydrogen) atoms. The Hall–Kier alpha value is -2.91. The molecule has 2 aromatic heterocycles. The molecule has 0 unspecified atom stereocenters. The largest absolute Gasteiger partial charge is 0.456 e. The Morgan fingerprint density at radius 2 is 1.46 bits per heavy atom. The molecule has 5 rings (SSSR count). The van der Waals surface area contributed by atoms with Crippen LogP contribution in [-0.4, -0.2) is 9.97 Å². The number of benzene rings is 3. The Kier molecular flexibility index (Phi) is 2.84. The van der Waals surface area contributed by atoms with Gasteiger partial charge in [-0.15, -0.1) is 0 Å². The van der Waals surface area contributed by atoms with E-state index in [0.29, 0.717) is 11.0 Å². The summed E-state index contributed by atoms with van der Waals surface area (Å²) in [5.74, 6) is 0.607. The summed E-state index contributed by atoms with van der Waals surface area (Å²) in [5.41, 5.74) is 3.43. The number of aromatic nitrogens is 2. The zero-order valence-corrected chi connectivity index (χ0v) is 13.3. The maximum Gasteiger partial charge on any atom is 0.162 e. The molecule has 0 amide bonds. The number of rotatable bonds is 1. The zero-order chi connectivity index (χ0) is 16.1. The van der Waals surface area contributed by atoms with Crippen molar-refractivity contribution in [2.75, 3.05) is 0 Å². The summed E-state index contributed by atoms with van der Waals surface area (Å²) in [6, 6.07) is 21.6. The second-order valence-electron chi connectivity index (χ2n) is 5.63. The number of furan rings is 1. The van der Waals surface area contributed by atoms with E-state index >= 15 is 0 Å². The molecule has 0 bridgehead atoms. The van der Waals surface area contributed by atoms with E-state index in [1.54, 1.807) is 0 Å². The van der Waals surface area contributed by atoms with Gasteiger partial charge in [0.05, 0.1) is 5.52 Å². The molecule has 0 aliphatic carbocycles. The van der Waals surface area contributed by atoms with E-state index in [4.69, 9.17) is 21.0 Å². The molecule has 0 N–H and O–H groups in total. The highest BCUT2D eigenvalue weighted by Crippen LogP contribution is 2.36. The number of hydrogen-bond acceptors (Lipinski definition) is 3. The van der Waals surface area contributed by atoms with Gasteiger partial charge in [0.1, 0.15) is 16.3 Å². The van der Waals surface area contributed by atoms with Gasteiger partial charge in [0.25, 0.3) is 0 Å². The Morgan fingerprint density at radius 1 is 0.708 bits per heavy atom. The molecule has 0 radical (unpaired) electrons. The molecule has 0 saturated carbocycles. The lowest BCUT2D eigenvalue weighted by Crippen LogP contribution is -1.92. The Morgan fingerprint density at radius 3 is 2.38 bits per heavy atom. The van der Waals surface area contributed by atoms with Crippen LogP contribution in [0.5, 0.6) is 0 Å². The molecule has 0 aliphatic rings. The van der Waals surface area contributed by atoms with Gasteiger partial charge in [-0.2, -0.15) is 0 Å². The fourth-order valence-corrected chi connectivity index (χ4v) is 3.36. The van der Waals surface area contributed by atoms with Crippen molar-refractivity contribution in [1.29, 1.82) is 0 Å². The number of fused-ring (bicyclic) bond motifs is 4. The number of nitrogens with zero attached hydrogens (tertiary/aromatic N) is 2. The minimum Gasteiger partial charge on any atom is -0.456 e. The highest BCUT2D eigenvalue weighted by Gasteiger charge is 2.15. The van der Waals surface area contributed by atoms with Crippen LogP contribution in [0.25, 0.3) is 44.2 Å². The highest BCUT2D eigenvalue weighted by atomic mass is 35.5. The van der Waals surface area contributed by atoms with Crippen LogP contribution in [0.3, 0.4) is 0 Å². The summed E-state index contributed by atoms with van der Waals surface area (Å²) in [5, 5.41) is 3.38. The quantitative estimate of drug-likeness (QED) is 0.362. The van der Waals surface area contributed by atoms with Gasteiger partial charge in [0.15, 0.2) is 5.82 Å². The van der Waals surface area contributed by atoms with E-state index in [2.05, 4.69) is 4.98 Å². The molecule has 2 heterocycles. The lowest BCUT2D eigenvalue weighted by Gasteiger charge is -2.05. The molecule has 5 aromatic rings. The van der Waals surface area contributed by atoms with Crippen LogP contribution in [0.15, 0.2) is 71.1 Å². The predicted octanol–water partition coefficient (Wildman–Crippen LogP) is 5.85. The van der Waals surface area contributed by atoms with Crippen LogP contribution in [-0.2, 0) is 0 Å². The van der Waals surface area contributed by atoms with Crippen LogP contribution < -0.4 is 0 Å². The van der Waals surface area contributed by atoms with E-state index in [0.717, 1.165) is 38.4 Å². The zero-order valence-electron chi connectivity index (χ0n) is 12.5. The van der Waals surface area contributed by atoms with Gasteiger partial charge in [-0.3, -0.25) is 0 Å². The molecule has 4 heteroatoms. The predicted molar refractivity (Wildman–Crippen MR) is 97.3 cm³/mol. The fraction of sp³-hybridized carbons (Fsp3) is 0. The molecule has 0 saturated heterocycles. The van der Waals surface area contributed by atoms with Gasteiger partial charge >= 0.3 is 0 Å². The van der Waals surface area contributed by atoms with Crippen molar-refractivity contribution in [1.82, 2.24) is 9.97 Å². The first-order valence-corrected chi connectivity index (χ1v) is 8.02. The van der Waals surface area contributed by atoms with E-state index in [-0.39, 0.29) is 0 Å². The summed E-state index contributed by atoms with van der Waals surface area (Å²) in [6.07, 6.45) is 0. The summed E-state index contributed by atoms with van der Waals surface area (Å²) in [6.45, 7) is 0. The van der Waals surface area contributed by atoms with Crippen molar-refractivity contribution in [2.45, 2.75) is 0 Å². The molecule has 0 spiro atoms. The number of hydrogen-bond donors (Lipinski definition) is 0. The average molecular weight is 331 g/mol. The van der Waals surface area contributed by atoms with E-state index in [9.17, 15) is 0 Å². The third-order valence-electron chi connectivity index (χ3n) is 4.20. The maximum absolute atomic E-state index is 6.38. The first kappa shape index (κ1) is 13.5. The molecular weight excluding hydrogens is 320 g/mol. The number of halogens is 1. The molecular formula is C20H11ClN2O. The SMILES string of the molecule is Clc1nc(-c2cccc3oc4ccccc4c23)nc2ccccc12. The van der Waals surface area contributed by atoms with Crippen molar-refractivity contribution < 1.29 is 4.42 Å². The van der Waals surface area contributed by atoms with Gasteiger partial charge in [0, 0.05) is 21.7 Å². The summed E-state index contributed by atoms with van der Waals surface area (Å²) in [7, 11) is 0. The smallest absolute Gasteiger partial charge is 0.162 e. The maximum atomic E-state index is 6.38. The fourth-order valence-electron chi connectivity index (χ4n) is 3.12. The normalized spacial score (nSPS) is 11.5. The lowest BCUT2D eigenvalue weighted by atomic mass is 10.1.